The highest BCUT2D eigenvalue weighted by Gasteiger charge is 2.28. The predicted octanol–water partition coefficient (Wildman–Crippen LogP) is 2.47. The van der Waals surface area contributed by atoms with Gasteiger partial charge in [0, 0.05) is 12.5 Å². The molecule has 82 valence electrons. The summed E-state index contributed by atoms with van der Waals surface area (Å²) in [5, 5.41) is 4.04. The molecule has 1 aromatic heterocycles. The molecular weight excluding hydrogens is 208 g/mol. The Morgan fingerprint density at radius 3 is 2.93 bits per heavy atom. The van der Waals surface area contributed by atoms with Gasteiger partial charge in [0.2, 0.25) is 0 Å². The number of amides is 1. The van der Waals surface area contributed by atoms with Gasteiger partial charge >= 0.3 is 0 Å². The van der Waals surface area contributed by atoms with E-state index in [0.29, 0.717) is 5.92 Å². The Balaban J connectivity index is 2.09. The van der Waals surface area contributed by atoms with Crippen LogP contribution in [-0.4, -0.2) is 17.4 Å². The van der Waals surface area contributed by atoms with Crippen LogP contribution in [0.5, 0.6) is 0 Å². The minimum absolute atomic E-state index is 0.0405. The first-order valence-corrected chi connectivity index (χ1v) is 6.29. The third-order valence-electron chi connectivity index (χ3n) is 2.48. The smallest absolute Gasteiger partial charge is 0.263 e. The van der Waals surface area contributed by atoms with Gasteiger partial charge in [0.1, 0.15) is 4.88 Å². The second-order valence-corrected chi connectivity index (χ2v) is 5.03. The summed E-state index contributed by atoms with van der Waals surface area (Å²) in [5.74, 6) is 0.681. The predicted molar refractivity (Wildman–Crippen MR) is 61.5 cm³/mol. The van der Waals surface area contributed by atoms with E-state index in [1.807, 2.05) is 6.92 Å². The molecule has 3 nitrogen and oxygen atoms in total. The van der Waals surface area contributed by atoms with Crippen LogP contribution in [-0.2, 0) is 0 Å². The van der Waals surface area contributed by atoms with Gasteiger partial charge < -0.3 is 5.32 Å². The molecule has 0 unspecified atom stereocenters. The van der Waals surface area contributed by atoms with Crippen molar-refractivity contribution in [2.24, 2.45) is 0 Å². The van der Waals surface area contributed by atoms with Crippen LogP contribution in [0.15, 0.2) is 0 Å². The summed E-state index contributed by atoms with van der Waals surface area (Å²) in [6.07, 6.45) is 3.45. The highest BCUT2D eigenvalue weighted by Crippen LogP contribution is 2.42. The van der Waals surface area contributed by atoms with Gasteiger partial charge in [-0.1, -0.05) is 6.92 Å². The summed E-state index contributed by atoms with van der Waals surface area (Å²) >= 11 is 1.57. The molecule has 4 heteroatoms. The van der Waals surface area contributed by atoms with Gasteiger partial charge in [-0.25, -0.2) is 4.98 Å². The SMILES string of the molecule is CCCNC(=O)c1sc(C2CC2)nc1C. The lowest BCUT2D eigenvalue weighted by molar-refractivity contribution is 0.0957. The molecule has 0 saturated heterocycles. The fraction of sp³-hybridized carbons (Fsp3) is 0.636. The van der Waals surface area contributed by atoms with Crippen molar-refractivity contribution in [2.45, 2.75) is 39.0 Å². The van der Waals surface area contributed by atoms with Gasteiger partial charge in [-0.15, -0.1) is 11.3 Å². The molecule has 0 atom stereocenters. The Labute approximate surface area is 93.9 Å². The lowest BCUT2D eigenvalue weighted by atomic mass is 10.3. The Hall–Kier alpha value is -0.900. The number of aryl methyl sites for hydroxylation is 1. The number of nitrogens with one attached hydrogen (secondary N) is 1. The van der Waals surface area contributed by atoms with Crippen molar-refractivity contribution in [1.82, 2.24) is 10.3 Å². The molecule has 0 radical (unpaired) electrons. The minimum atomic E-state index is 0.0405. The molecule has 0 aliphatic heterocycles. The zero-order valence-electron chi connectivity index (χ0n) is 9.17. The molecule has 1 aliphatic carbocycles. The number of carbonyl (C=O) groups excluding carboxylic acids is 1. The van der Waals surface area contributed by atoms with E-state index < -0.39 is 0 Å². The Morgan fingerprint density at radius 2 is 2.33 bits per heavy atom. The van der Waals surface area contributed by atoms with E-state index in [9.17, 15) is 4.79 Å². The average Bonchev–Trinajstić information content (AvgIpc) is 2.99. The fourth-order valence-electron chi connectivity index (χ4n) is 1.45. The van der Waals surface area contributed by atoms with Crippen LogP contribution in [0.2, 0.25) is 0 Å². The number of hydrogen-bond acceptors (Lipinski definition) is 3. The summed E-state index contributed by atoms with van der Waals surface area (Å²) in [6.45, 7) is 4.72. The molecule has 2 rings (SSSR count). The van der Waals surface area contributed by atoms with E-state index in [1.54, 1.807) is 11.3 Å². The van der Waals surface area contributed by atoms with Crippen LogP contribution < -0.4 is 5.32 Å². The van der Waals surface area contributed by atoms with Gasteiger partial charge in [-0.3, -0.25) is 4.79 Å². The van der Waals surface area contributed by atoms with Gasteiger partial charge in [0.25, 0.3) is 5.91 Å². The van der Waals surface area contributed by atoms with E-state index >= 15 is 0 Å². The van der Waals surface area contributed by atoms with Crippen molar-refractivity contribution in [3.8, 4) is 0 Å². The Morgan fingerprint density at radius 1 is 1.60 bits per heavy atom. The maximum atomic E-state index is 11.7. The van der Waals surface area contributed by atoms with Crippen molar-refractivity contribution in [3.05, 3.63) is 15.6 Å². The lowest BCUT2D eigenvalue weighted by Crippen LogP contribution is -2.23. The van der Waals surface area contributed by atoms with E-state index in [2.05, 4.69) is 17.2 Å². The second kappa shape index (κ2) is 4.31. The normalized spacial score (nSPS) is 15.3. The molecule has 15 heavy (non-hydrogen) atoms. The van der Waals surface area contributed by atoms with Gasteiger partial charge in [-0.2, -0.15) is 0 Å². The molecule has 1 heterocycles. The Kier molecular flexibility index (Phi) is 3.05. The van der Waals surface area contributed by atoms with Crippen LogP contribution in [0.1, 0.15) is 52.5 Å². The maximum Gasteiger partial charge on any atom is 0.263 e. The molecular formula is C11H16N2OS. The van der Waals surface area contributed by atoms with E-state index in [-0.39, 0.29) is 5.91 Å². The topological polar surface area (TPSA) is 42.0 Å². The molecule has 0 spiro atoms. The molecule has 1 saturated carbocycles. The summed E-state index contributed by atoms with van der Waals surface area (Å²) in [7, 11) is 0. The van der Waals surface area contributed by atoms with Gasteiger partial charge in [-0.05, 0) is 26.2 Å². The van der Waals surface area contributed by atoms with E-state index in [0.717, 1.165) is 28.5 Å². The zero-order valence-corrected chi connectivity index (χ0v) is 9.99. The first-order chi connectivity index (χ1) is 7.22. The maximum absolute atomic E-state index is 11.7. The molecule has 1 aliphatic rings. The first kappa shape index (κ1) is 10.6. The van der Waals surface area contributed by atoms with E-state index in [1.165, 1.54) is 12.8 Å². The molecule has 0 aromatic carbocycles. The average molecular weight is 224 g/mol. The molecule has 1 aromatic rings. The first-order valence-electron chi connectivity index (χ1n) is 5.48. The van der Waals surface area contributed by atoms with Crippen LogP contribution in [0, 0.1) is 6.92 Å². The quantitative estimate of drug-likeness (QED) is 0.853. The van der Waals surface area contributed by atoms with Gasteiger partial charge in [0.15, 0.2) is 0 Å². The largest absolute Gasteiger partial charge is 0.351 e. The van der Waals surface area contributed by atoms with Gasteiger partial charge in [0.05, 0.1) is 10.7 Å². The van der Waals surface area contributed by atoms with Crippen molar-refractivity contribution < 1.29 is 4.79 Å². The third kappa shape index (κ3) is 2.37. The molecule has 1 amide bonds. The number of aromatic nitrogens is 1. The summed E-state index contributed by atoms with van der Waals surface area (Å²) in [6, 6.07) is 0. The molecule has 0 bridgehead atoms. The van der Waals surface area contributed by atoms with Crippen LogP contribution >= 0.6 is 11.3 Å². The number of rotatable bonds is 4. The van der Waals surface area contributed by atoms with Crippen molar-refractivity contribution >= 4 is 17.2 Å². The lowest BCUT2D eigenvalue weighted by Gasteiger charge is -2.00. The van der Waals surface area contributed by atoms with Crippen LogP contribution in [0.25, 0.3) is 0 Å². The number of carbonyl (C=O) groups is 1. The standard InChI is InChI=1S/C11H16N2OS/c1-3-6-12-10(14)9-7(2)13-11(15-9)8-4-5-8/h8H,3-6H2,1-2H3,(H,12,14). The third-order valence-corrected chi connectivity index (χ3v) is 3.80. The molecule has 1 N–H and O–H groups in total. The number of nitrogens with zero attached hydrogens (tertiary/aromatic N) is 1. The zero-order chi connectivity index (χ0) is 10.8. The van der Waals surface area contributed by atoms with Crippen molar-refractivity contribution in [2.75, 3.05) is 6.54 Å². The summed E-state index contributed by atoms with van der Waals surface area (Å²) in [5.41, 5.74) is 0.885. The Bertz CT molecular complexity index is 369. The molecule has 1 fully saturated rings. The highest BCUT2D eigenvalue weighted by atomic mass is 32.1. The van der Waals surface area contributed by atoms with E-state index in [4.69, 9.17) is 0 Å². The number of hydrogen-bond donors (Lipinski definition) is 1. The highest BCUT2D eigenvalue weighted by molar-refractivity contribution is 7.13. The van der Waals surface area contributed by atoms with Crippen molar-refractivity contribution in [3.63, 3.8) is 0 Å². The minimum Gasteiger partial charge on any atom is -0.351 e. The number of thiazole rings is 1. The monoisotopic (exact) mass is 224 g/mol. The second-order valence-electron chi connectivity index (χ2n) is 4.00. The van der Waals surface area contributed by atoms with Crippen molar-refractivity contribution in [1.29, 1.82) is 0 Å². The fourth-order valence-corrected chi connectivity index (χ4v) is 2.60. The van der Waals surface area contributed by atoms with Crippen LogP contribution in [0.4, 0.5) is 0 Å². The summed E-state index contributed by atoms with van der Waals surface area (Å²) < 4.78 is 0. The van der Waals surface area contributed by atoms with Crippen LogP contribution in [0.3, 0.4) is 0 Å². The summed E-state index contributed by atoms with van der Waals surface area (Å²) in [4.78, 5) is 17.0.